The number of nitrogen functional groups attached to an aromatic ring is 1. The summed E-state index contributed by atoms with van der Waals surface area (Å²) in [4.78, 5) is 3.72. The number of nitrogens with one attached hydrogen (secondary N) is 1. The molecule has 1 aliphatic heterocycles. The van der Waals surface area contributed by atoms with Gasteiger partial charge in [0.2, 0.25) is 0 Å². The van der Waals surface area contributed by atoms with Crippen LogP contribution in [-0.2, 0) is 6.18 Å². The van der Waals surface area contributed by atoms with Crippen LogP contribution in [0.3, 0.4) is 0 Å². The van der Waals surface area contributed by atoms with Crippen LogP contribution in [0, 0.1) is 0 Å². The fraction of sp³-hybridized carbons (Fsp3) is 0.529. The first-order chi connectivity index (χ1) is 11.8. The van der Waals surface area contributed by atoms with Crippen molar-refractivity contribution in [2.75, 3.05) is 18.8 Å². The number of alkyl halides is 3. The molecule has 1 saturated heterocycles. The molecule has 3 heterocycles. The lowest BCUT2D eigenvalue weighted by molar-refractivity contribution is -0.137. The highest BCUT2D eigenvalue weighted by atomic mass is 19.4. The molecule has 136 valence electrons. The monoisotopic (exact) mass is 353 g/mol. The number of hydrogen-bond acceptors (Lipinski definition) is 4. The van der Waals surface area contributed by atoms with Crippen molar-refractivity contribution in [2.45, 2.75) is 44.8 Å². The summed E-state index contributed by atoms with van der Waals surface area (Å²) in [6.45, 7) is 5.91. The zero-order valence-electron chi connectivity index (χ0n) is 14.3. The number of hydrogen-bond donors (Lipinski definition) is 2. The van der Waals surface area contributed by atoms with Crippen LogP contribution in [0.5, 0.6) is 0 Å². The largest absolute Gasteiger partial charge is 0.419 e. The van der Waals surface area contributed by atoms with E-state index in [9.17, 15) is 13.2 Å². The van der Waals surface area contributed by atoms with Gasteiger partial charge in [-0.2, -0.15) is 18.3 Å². The molecule has 0 aliphatic carbocycles. The highest BCUT2D eigenvalue weighted by Crippen LogP contribution is 2.36. The van der Waals surface area contributed by atoms with Crippen molar-refractivity contribution in [2.24, 2.45) is 0 Å². The number of rotatable bonds is 3. The van der Waals surface area contributed by atoms with Crippen LogP contribution in [0.15, 0.2) is 18.3 Å². The Labute approximate surface area is 144 Å². The minimum absolute atomic E-state index is 0.127. The third-order valence-electron chi connectivity index (χ3n) is 4.53. The van der Waals surface area contributed by atoms with E-state index in [1.165, 1.54) is 6.20 Å². The van der Waals surface area contributed by atoms with Gasteiger partial charge in [0.25, 0.3) is 0 Å². The zero-order valence-corrected chi connectivity index (χ0v) is 14.3. The summed E-state index contributed by atoms with van der Waals surface area (Å²) in [5.41, 5.74) is 6.36. The first-order valence-corrected chi connectivity index (χ1v) is 8.40. The van der Waals surface area contributed by atoms with Gasteiger partial charge < -0.3 is 11.1 Å². The van der Waals surface area contributed by atoms with Crippen LogP contribution in [0.2, 0.25) is 0 Å². The molecule has 1 fully saturated rings. The third kappa shape index (κ3) is 3.63. The van der Waals surface area contributed by atoms with Gasteiger partial charge in [0.05, 0.1) is 11.3 Å². The number of nitrogens with zero attached hydrogens (tertiary/aromatic N) is 3. The van der Waals surface area contributed by atoms with Crippen LogP contribution in [0.1, 0.15) is 49.9 Å². The highest BCUT2D eigenvalue weighted by molar-refractivity contribution is 5.62. The summed E-state index contributed by atoms with van der Waals surface area (Å²) in [7, 11) is 0. The predicted octanol–water partition coefficient (Wildman–Crippen LogP) is 3.59. The van der Waals surface area contributed by atoms with Crippen molar-refractivity contribution in [3.8, 4) is 11.3 Å². The third-order valence-corrected chi connectivity index (χ3v) is 4.53. The summed E-state index contributed by atoms with van der Waals surface area (Å²) < 4.78 is 41.2. The summed E-state index contributed by atoms with van der Waals surface area (Å²) in [6, 6.07) is 3.05. The molecule has 3 N–H and O–H groups in total. The first kappa shape index (κ1) is 17.7. The number of aromatic nitrogens is 3. The van der Waals surface area contributed by atoms with E-state index in [-0.39, 0.29) is 6.04 Å². The van der Waals surface area contributed by atoms with Crippen molar-refractivity contribution in [1.29, 1.82) is 0 Å². The number of nitrogens with two attached hydrogens (primary N) is 1. The quantitative estimate of drug-likeness (QED) is 0.885. The number of anilines is 1. The maximum absolute atomic E-state index is 13.1. The van der Waals surface area contributed by atoms with Gasteiger partial charge in [0, 0.05) is 29.4 Å². The Morgan fingerprint density at radius 3 is 2.52 bits per heavy atom. The smallest absolute Gasteiger partial charge is 0.383 e. The molecule has 3 rings (SSSR count). The first-order valence-electron chi connectivity index (χ1n) is 8.40. The fourth-order valence-corrected chi connectivity index (χ4v) is 3.23. The minimum Gasteiger partial charge on any atom is -0.383 e. The van der Waals surface area contributed by atoms with E-state index in [1.54, 1.807) is 0 Å². The average molecular weight is 353 g/mol. The minimum atomic E-state index is -4.54. The maximum atomic E-state index is 13.1. The molecule has 2 aromatic heterocycles. The number of halogens is 3. The molecule has 1 aliphatic rings. The second-order valence-corrected chi connectivity index (χ2v) is 6.67. The lowest BCUT2D eigenvalue weighted by atomic mass is 9.93. The molecular formula is C17H22F3N5. The van der Waals surface area contributed by atoms with Gasteiger partial charge in [0.1, 0.15) is 5.82 Å². The molecule has 0 saturated carbocycles. The van der Waals surface area contributed by atoms with Crippen LogP contribution in [-0.4, -0.2) is 27.9 Å². The van der Waals surface area contributed by atoms with E-state index in [1.807, 2.05) is 24.6 Å². The molecule has 0 aromatic carbocycles. The van der Waals surface area contributed by atoms with E-state index in [0.29, 0.717) is 17.2 Å². The summed E-state index contributed by atoms with van der Waals surface area (Å²) in [6.07, 6.45) is -1.20. The van der Waals surface area contributed by atoms with E-state index in [4.69, 9.17) is 5.73 Å². The zero-order chi connectivity index (χ0) is 18.2. The van der Waals surface area contributed by atoms with E-state index < -0.39 is 17.6 Å². The topological polar surface area (TPSA) is 68.8 Å². The normalized spacial score (nSPS) is 16.6. The molecule has 5 nitrogen and oxygen atoms in total. The molecular weight excluding hydrogens is 331 g/mol. The Hall–Kier alpha value is -2.09. The van der Waals surface area contributed by atoms with Gasteiger partial charge in [0.15, 0.2) is 0 Å². The summed E-state index contributed by atoms with van der Waals surface area (Å²) in [5, 5.41) is 7.88. The summed E-state index contributed by atoms with van der Waals surface area (Å²) >= 11 is 0. The Morgan fingerprint density at radius 2 is 1.92 bits per heavy atom. The predicted molar refractivity (Wildman–Crippen MR) is 90.1 cm³/mol. The van der Waals surface area contributed by atoms with Crippen molar-refractivity contribution in [1.82, 2.24) is 20.1 Å². The molecule has 0 unspecified atom stereocenters. The Balaban J connectivity index is 2.03. The molecule has 0 radical (unpaired) electrons. The van der Waals surface area contributed by atoms with E-state index >= 15 is 0 Å². The van der Waals surface area contributed by atoms with Gasteiger partial charge in [-0.15, -0.1) is 0 Å². The van der Waals surface area contributed by atoms with Crippen molar-refractivity contribution in [3.05, 3.63) is 29.6 Å². The summed E-state index contributed by atoms with van der Waals surface area (Å²) in [5.74, 6) is -0.160. The molecule has 8 heteroatoms. The number of piperidine rings is 1. The standard InChI is InChI=1S/C17H22F3N5/c1-10(2)25-15(11-3-5-22-6-4-11)8-14(24-25)12-7-13(17(18,19)20)16(21)23-9-12/h7-11,22H,3-6H2,1-2H3,(H2,21,23). The van der Waals surface area contributed by atoms with Gasteiger partial charge in [-0.3, -0.25) is 4.68 Å². The Kier molecular flexibility index (Phi) is 4.73. The van der Waals surface area contributed by atoms with E-state index in [0.717, 1.165) is 37.7 Å². The SMILES string of the molecule is CC(C)n1nc(-c2cnc(N)c(C(F)(F)F)c2)cc1C1CCNCC1. The Morgan fingerprint density at radius 1 is 1.24 bits per heavy atom. The van der Waals surface area contributed by atoms with Gasteiger partial charge in [-0.25, -0.2) is 4.98 Å². The molecule has 2 aromatic rings. The highest BCUT2D eigenvalue weighted by Gasteiger charge is 2.34. The maximum Gasteiger partial charge on any atom is 0.419 e. The van der Waals surface area contributed by atoms with Gasteiger partial charge >= 0.3 is 6.18 Å². The van der Waals surface area contributed by atoms with Crippen LogP contribution in [0.25, 0.3) is 11.3 Å². The van der Waals surface area contributed by atoms with Gasteiger partial charge in [-0.05, 0) is 51.9 Å². The van der Waals surface area contributed by atoms with Crippen molar-refractivity contribution < 1.29 is 13.2 Å². The van der Waals surface area contributed by atoms with Crippen LogP contribution in [0.4, 0.5) is 19.0 Å². The average Bonchev–Trinajstić information content (AvgIpc) is 3.00. The molecule has 0 bridgehead atoms. The van der Waals surface area contributed by atoms with Crippen LogP contribution >= 0.6 is 0 Å². The second-order valence-electron chi connectivity index (χ2n) is 6.67. The van der Waals surface area contributed by atoms with Crippen molar-refractivity contribution >= 4 is 5.82 Å². The molecule has 25 heavy (non-hydrogen) atoms. The lowest BCUT2D eigenvalue weighted by Gasteiger charge is -2.24. The lowest BCUT2D eigenvalue weighted by Crippen LogP contribution is -2.28. The second kappa shape index (κ2) is 6.67. The fourth-order valence-electron chi connectivity index (χ4n) is 3.23. The van der Waals surface area contributed by atoms with Crippen molar-refractivity contribution in [3.63, 3.8) is 0 Å². The molecule has 0 atom stereocenters. The van der Waals surface area contributed by atoms with E-state index in [2.05, 4.69) is 15.4 Å². The number of pyridine rings is 1. The molecule has 0 amide bonds. The van der Waals surface area contributed by atoms with Gasteiger partial charge in [-0.1, -0.05) is 0 Å². The Bertz CT molecular complexity index is 745. The van der Waals surface area contributed by atoms with Crippen LogP contribution < -0.4 is 11.1 Å². The molecule has 0 spiro atoms.